The van der Waals surface area contributed by atoms with Gasteiger partial charge in [-0.1, -0.05) is 30.3 Å². The fourth-order valence-electron chi connectivity index (χ4n) is 4.38. The molecule has 0 radical (unpaired) electrons. The molecule has 0 bridgehead atoms. The van der Waals surface area contributed by atoms with Gasteiger partial charge in [0.1, 0.15) is 10.6 Å². The molecule has 0 unspecified atom stereocenters. The minimum absolute atomic E-state index is 0.0479. The smallest absolute Gasteiger partial charge is 0.267 e. The van der Waals surface area contributed by atoms with Crippen molar-refractivity contribution < 1.29 is 9.53 Å². The number of fused-ring (bicyclic) bond motifs is 3. The molecule has 0 saturated heterocycles. The molecule has 5 rings (SSSR count). The molecular weight excluding hydrogens is 514 g/mol. The third kappa shape index (κ3) is 4.95. The number of ether oxygens (including phenoxy) is 1. The van der Waals surface area contributed by atoms with E-state index in [1.165, 1.54) is 16.6 Å². The molecular formula is C27H26ClN3O3S2. The van der Waals surface area contributed by atoms with E-state index in [1.54, 1.807) is 40.2 Å². The molecule has 1 aliphatic heterocycles. The lowest BCUT2D eigenvalue weighted by atomic mass is 10.1. The third-order valence-electron chi connectivity index (χ3n) is 6.27. The lowest BCUT2D eigenvalue weighted by Crippen LogP contribution is -2.30. The number of hydrogen-bond acceptors (Lipinski definition) is 7. The number of aromatic nitrogens is 2. The molecule has 1 aliphatic rings. The van der Waals surface area contributed by atoms with Crippen molar-refractivity contribution in [2.24, 2.45) is 0 Å². The van der Waals surface area contributed by atoms with E-state index in [9.17, 15) is 9.59 Å². The molecule has 186 valence electrons. The summed E-state index contributed by atoms with van der Waals surface area (Å²) >= 11 is 8.84. The number of Topliss-reactive ketones (excluding diaryl/α,β-unsaturated/α-hetero) is 1. The number of benzene rings is 2. The predicted octanol–water partition coefficient (Wildman–Crippen LogP) is 5.85. The lowest BCUT2D eigenvalue weighted by molar-refractivity contribution is 0.102. The van der Waals surface area contributed by atoms with Crippen LogP contribution in [0.5, 0.6) is 5.75 Å². The topological polar surface area (TPSA) is 64.4 Å². The van der Waals surface area contributed by atoms with Gasteiger partial charge in [0.05, 0.1) is 23.4 Å². The summed E-state index contributed by atoms with van der Waals surface area (Å²) in [6.07, 6.45) is 0.838. The summed E-state index contributed by atoms with van der Waals surface area (Å²) in [6.45, 7) is 7.41. The first-order valence-electron chi connectivity index (χ1n) is 11.9. The van der Waals surface area contributed by atoms with Crippen molar-refractivity contribution in [2.75, 3.05) is 25.4 Å². The fraction of sp³-hybridized carbons (Fsp3) is 0.296. The number of halogens is 1. The van der Waals surface area contributed by atoms with Crippen LogP contribution in [-0.2, 0) is 13.0 Å². The quantitative estimate of drug-likeness (QED) is 0.159. The van der Waals surface area contributed by atoms with E-state index in [-0.39, 0.29) is 17.1 Å². The van der Waals surface area contributed by atoms with E-state index in [0.29, 0.717) is 33.4 Å². The summed E-state index contributed by atoms with van der Waals surface area (Å²) in [4.78, 5) is 36.1. The molecule has 0 amide bonds. The molecule has 0 fully saturated rings. The molecule has 6 nitrogen and oxygen atoms in total. The van der Waals surface area contributed by atoms with Crippen LogP contribution in [-0.4, -0.2) is 45.7 Å². The Kier molecular flexibility index (Phi) is 7.48. The predicted molar refractivity (Wildman–Crippen MR) is 148 cm³/mol. The van der Waals surface area contributed by atoms with Crippen LogP contribution in [0.25, 0.3) is 15.9 Å². The van der Waals surface area contributed by atoms with E-state index in [0.717, 1.165) is 42.2 Å². The van der Waals surface area contributed by atoms with Gasteiger partial charge in [-0.2, -0.15) is 0 Å². The highest BCUT2D eigenvalue weighted by atomic mass is 35.5. The fourth-order valence-corrected chi connectivity index (χ4v) is 6.71. The van der Waals surface area contributed by atoms with Gasteiger partial charge >= 0.3 is 0 Å². The van der Waals surface area contributed by atoms with Crippen molar-refractivity contribution >= 4 is 50.7 Å². The van der Waals surface area contributed by atoms with Crippen LogP contribution >= 0.6 is 34.7 Å². The van der Waals surface area contributed by atoms with E-state index < -0.39 is 0 Å². The SMILES string of the molecule is CCOc1ccc(-n2c(SCC(=O)c3ccc(Cl)cc3)nc3sc4c(c3c2=O)CCN(CC)C4)cc1. The Labute approximate surface area is 222 Å². The number of carbonyl (C=O) groups is 1. The number of ketones is 1. The van der Waals surface area contributed by atoms with Crippen LogP contribution in [0.3, 0.4) is 0 Å². The second-order valence-corrected chi connectivity index (χ2v) is 10.9. The highest BCUT2D eigenvalue weighted by molar-refractivity contribution is 7.99. The van der Waals surface area contributed by atoms with Gasteiger partial charge in [-0.15, -0.1) is 11.3 Å². The van der Waals surface area contributed by atoms with Crippen LogP contribution in [0.4, 0.5) is 0 Å². The zero-order chi connectivity index (χ0) is 25.2. The van der Waals surface area contributed by atoms with Crippen molar-refractivity contribution in [1.82, 2.24) is 14.5 Å². The second-order valence-electron chi connectivity index (χ2n) is 8.48. The van der Waals surface area contributed by atoms with Gasteiger partial charge in [-0.25, -0.2) is 4.98 Å². The summed E-state index contributed by atoms with van der Waals surface area (Å²) in [5.41, 5.74) is 2.30. The van der Waals surface area contributed by atoms with Crippen molar-refractivity contribution in [3.8, 4) is 11.4 Å². The number of thiophene rings is 1. The number of likely N-dealkylation sites (N-methyl/N-ethyl adjacent to an activating group) is 1. The maximum absolute atomic E-state index is 14.0. The first-order valence-corrected chi connectivity index (χ1v) is 14.1. The lowest BCUT2D eigenvalue weighted by Gasteiger charge is -2.25. The molecule has 0 spiro atoms. The highest BCUT2D eigenvalue weighted by Crippen LogP contribution is 2.34. The normalized spacial score (nSPS) is 13.6. The van der Waals surface area contributed by atoms with Crippen LogP contribution < -0.4 is 10.3 Å². The number of nitrogens with zero attached hydrogens (tertiary/aromatic N) is 3. The average Bonchev–Trinajstić information content (AvgIpc) is 3.26. The van der Waals surface area contributed by atoms with Crippen LogP contribution in [0, 0.1) is 0 Å². The summed E-state index contributed by atoms with van der Waals surface area (Å²) in [6, 6.07) is 14.3. The van der Waals surface area contributed by atoms with Gasteiger partial charge in [-0.05, 0) is 74.0 Å². The van der Waals surface area contributed by atoms with Crippen molar-refractivity contribution in [3.05, 3.63) is 79.9 Å². The third-order valence-corrected chi connectivity index (χ3v) is 8.58. The van der Waals surface area contributed by atoms with E-state index >= 15 is 0 Å². The van der Waals surface area contributed by atoms with Gasteiger partial charge < -0.3 is 4.74 Å². The largest absolute Gasteiger partial charge is 0.494 e. The Hall–Kier alpha value is -2.65. The second kappa shape index (κ2) is 10.8. The standard InChI is InChI=1S/C27H26ClN3O3S2/c1-3-30-14-13-21-23(15-30)36-25-24(21)26(33)31(19-9-11-20(12-10-19)34-4-2)27(29-25)35-16-22(32)17-5-7-18(28)8-6-17/h5-12H,3-4,13-16H2,1-2H3. The van der Waals surface area contributed by atoms with Crippen LogP contribution in [0.1, 0.15) is 34.6 Å². The molecule has 0 atom stereocenters. The van der Waals surface area contributed by atoms with E-state index in [1.807, 2.05) is 31.2 Å². The zero-order valence-corrected chi connectivity index (χ0v) is 22.5. The molecule has 9 heteroatoms. The molecule has 0 saturated carbocycles. The van der Waals surface area contributed by atoms with E-state index in [4.69, 9.17) is 21.3 Å². The molecule has 0 N–H and O–H groups in total. The molecule has 2 aromatic carbocycles. The Morgan fingerprint density at radius 1 is 1.14 bits per heavy atom. The van der Waals surface area contributed by atoms with Crippen LogP contribution in [0.15, 0.2) is 58.5 Å². The summed E-state index contributed by atoms with van der Waals surface area (Å²) < 4.78 is 7.22. The first-order chi connectivity index (χ1) is 17.5. The highest BCUT2D eigenvalue weighted by Gasteiger charge is 2.25. The summed E-state index contributed by atoms with van der Waals surface area (Å²) in [5, 5.41) is 1.79. The Morgan fingerprint density at radius 2 is 1.89 bits per heavy atom. The molecule has 4 aromatic rings. The van der Waals surface area contributed by atoms with Crippen LogP contribution in [0.2, 0.25) is 5.02 Å². The van der Waals surface area contributed by atoms with Crippen molar-refractivity contribution in [3.63, 3.8) is 0 Å². The van der Waals surface area contributed by atoms with Gasteiger partial charge in [0, 0.05) is 28.6 Å². The number of carbonyl (C=O) groups excluding carboxylic acids is 1. The van der Waals surface area contributed by atoms with Gasteiger partial charge in [0.25, 0.3) is 5.56 Å². The zero-order valence-electron chi connectivity index (χ0n) is 20.1. The Bertz CT molecular complexity index is 1460. The van der Waals surface area contributed by atoms with Crippen molar-refractivity contribution in [1.29, 1.82) is 0 Å². The van der Waals surface area contributed by atoms with Gasteiger partial charge in [0.2, 0.25) is 0 Å². The van der Waals surface area contributed by atoms with Crippen molar-refractivity contribution in [2.45, 2.75) is 32.0 Å². The minimum Gasteiger partial charge on any atom is -0.494 e. The molecule has 3 heterocycles. The minimum atomic E-state index is -0.0898. The van der Waals surface area contributed by atoms with E-state index in [2.05, 4.69) is 11.8 Å². The molecule has 0 aliphatic carbocycles. The van der Waals surface area contributed by atoms with Gasteiger partial charge in [0.15, 0.2) is 10.9 Å². The summed E-state index contributed by atoms with van der Waals surface area (Å²) in [7, 11) is 0. The summed E-state index contributed by atoms with van der Waals surface area (Å²) in [5.74, 6) is 0.849. The molecule has 2 aromatic heterocycles. The number of hydrogen-bond donors (Lipinski definition) is 0. The Balaban J connectivity index is 1.57. The molecule has 36 heavy (non-hydrogen) atoms. The maximum atomic E-state index is 14.0. The maximum Gasteiger partial charge on any atom is 0.267 e. The average molecular weight is 540 g/mol. The number of rotatable bonds is 8. The number of thioether (sulfide) groups is 1. The van der Waals surface area contributed by atoms with Gasteiger partial charge in [-0.3, -0.25) is 19.1 Å². The monoisotopic (exact) mass is 539 g/mol. The Morgan fingerprint density at radius 3 is 2.58 bits per heavy atom. The first kappa shape index (κ1) is 25.0.